The number of hydrogen-bond acceptors (Lipinski definition) is 4. The zero-order chi connectivity index (χ0) is 11.1. The molecule has 0 aromatic heterocycles. The molecular formula is C11H24N2O2. The normalized spacial score (nSPS) is 23.4. The summed E-state index contributed by atoms with van der Waals surface area (Å²) in [4.78, 5) is 2.44. The van der Waals surface area contributed by atoms with Crippen LogP contribution in [0.5, 0.6) is 0 Å². The molecule has 0 aromatic rings. The van der Waals surface area contributed by atoms with Gasteiger partial charge in [0.15, 0.2) is 0 Å². The second kappa shape index (κ2) is 7.17. The van der Waals surface area contributed by atoms with Gasteiger partial charge in [0, 0.05) is 39.4 Å². The third-order valence-electron chi connectivity index (χ3n) is 3.05. The van der Waals surface area contributed by atoms with Crippen LogP contribution in [0, 0.1) is 5.92 Å². The first kappa shape index (κ1) is 12.9. The first-order valence-electron chi connectivity index (χ1n) is 5.80. The maximum absolute atomic E-state index is 5.85. The Balaban J connectivity index is 2.47. The standard InChI is InChI=1S/C11H24N2O2/c1-10(9-14-2)11(8-12)13-4-3-6-15-7-5-13/h10-11H,3-9,12H2,1-2H3. The zero-order valence-electron chi connectivity index (χ0n) is 9.95. The average molecular weight is 216 g/mol. The van der Waals surface area contributed by atoms with E-state index in [0.29, 0.717) is 18.5 Å². The van der Waals surface area contributed by atoms with Crippen LogP contribution >= 0.6 is 0 Å². The van der Waals surface area contributed by atoms with Crippen LogP contribution in [0.3, 0.4) is 0 Å². The van der Waals surface area contributed by atoms with Gasteiger partial charge in [0.05, 0.1) is 13.2 Å². The van der Waals surface area contributed by atoms with Crippen LogP contribution in [0.4, 0.5) is 0 Å². The summed E-state index contributed by atoms with van der Waals surface area (Å²) in [7, 11) is 1.75. The predicted octanol–water partition coefficient (Wildman–Crippen LogP) is 0.319. The van der Waals surface area contributed by atoms with E-state index < -0.39 is 0 Å². The molecule has 4 nitrogen and oxygen atoms in total. The molecule has 1 fully saturated rings. The molecule has 0 bridgehead atoms. The third-order valence-corrected chi connectivity index (χ3v) is 3.05. The second-order valence-corrected chi connectivity index (χ2v) is 4.24. The molecule has 0 amide bonds. The minimum atomic E-state index is 0.423. The van der Waals surface area contributed by atoms with E-state index in [0.717, 1.165) is 39.3 Å². The van der Waals surface area contributed by atoms with Gasteiger partial charge in [-0.2, -0.15) is 0 Å². The maximum atomic E-state index is 5.85. The summed E-state index contributed by atoms with van der Waals surface area (Å²) in [6.07, 6.45) is 1.11. The van der Waals surface area contributed by atoms with Crippen molar-refractivity contribution in [3.05, 3.63) is 0 Å². The molecule has 1 aliphatic rings. The number of ether oxygens (including phenoxy) is 2. The van der Waals surface area contributed by atoms with Crippen molar-refractivity contribution >= 4 is 0 Å². The highest BCUT2D eigenvalue weighted by Crippen LogP contribution is 2.13. The number of rotatable bonds is 5. The summed E-state index contributed by atoms with van der Waals surface area (Å²) >= 11 is 0. The Kier molecular flexibility index (Phi) is 6.17. The fourth-order valence-electron chi connectivity index (χ4n) is 2.21. The maximum Gasteiger partial charge on any atom is 0.0593 e. The molecule has 0 radical (unpaired) electrons. The molecule has 1 saturated heterocycles. The summed E-state index contributed by atoms with van der Waals surface area (Å²) in [6.45, 7) is 7.48. The quantitative estimate of drug-likeness (QED) is 0.719. The third kappa shape index (κ3) is 4.07. The Morgan fingerprint density at radius 1 is 1.40 bits per heavy atom. The van der Waals surface area contributed by atoms with Crippen molar-refractivity contribution in [3.63, 3.8) is 0 Å². The second-order valence-electron chi connectivity index (χ2n) is 4.24. The number of methoxy groups -OCH3 is 1. The van der Waals surface area contributed by atoms with Gasteiger partial charge >= 0.3 is 0 Å². The number of hydrogen-bond donors (Lipinski definition) is 1. The van der Waals surface area contributed by atoms with Crippen LogP contribution in [0.2, 0.25) is 0 Å². The van der Waals surface area contributed by atoms with E-state index in [9.17, 15) is 0 Å². The van der Waals surface area contributed by atoms with Crippen molar-refractivity contribution in [2.24, 2.45) is 11.7 Å². The topological polar surface area (TPSA) is 47.7 Å². The highest BCUT2D eigenvalue weighted by molar-refractivity contribution is 4.78. The van der Waals surface area contributed by atoms with Crippen molar-refractivity contribution in [2.45, 2.75) is 19.4 Å². The fourth-order valence-corrected chi connectivity index (χ4v) is 2.21. The molecule has 1 aliphatic heterocycles. The highest BCUT2D eigenvalue weighted by atomic mass is 16.5. The highest BCUT2D eigenvalue weighted by Gasteiger charge is 2.23. The SMILES string of the molecule is COCC(C)C(CN)N1CCCOCC1. The number of nitrogens with two attached hydrogens (primary N) is 1. The van der Waals surface area contributed by atoms with Gasteiger partial charge in [0.1, 0.15) is 0 Å². The summed E-state index contributed by atoms with van der Waals surface area (Å²) < 4.78 is 10.6. The molecule has 2 unspecified atom stereocenters. The minimum absolute atomic E-state index is 0.423. The van der Waals surface area contributed by atoms with Gasteiger partial charge in [-0.15, -0.1) is 0 Å². The summed E-state index contributed by atoms with van der Waals surface area (Å²) in [5.41, 5.74) is 5.85. The van der Waals surface area contributed by atoms with E-state index >= 15 is 0 Å². The molecule has 4 heteroatoms. The van der Waals surface area contributed by atoms with Gasteiger partial charge in [0.25, 0.3) is 0 Å². The van der Waals surface area contributed by atoms with Gasteiger partial charge in [-0.25, -0.2) is 0 Å². The first-order chi connectivity index (χ1) is 7.29. The predicted molar refractivity (Wildman–Crippen MR) is 60.9 cm³/mol. The molecule has 1 heterocycles. The minimum Gasteiger partial charge on any atom is -0.384 e. The lowest BCUT2D eigenvalue weighted by Gasteiger charge is -2.33. The summed E-state index contributed by atoms with van der Waals surface area (Å²) in [6, 6.07) is 0.423. The Morgan fingerprint density at radius 3 is 2.87 bits per heavy atom. The van der Waals surface area contributed by atoms with Crippen molar-refractivity contribution in [1.82, 2.24) is 4.90 Å². The van der Waals surface area contributed by atoms with Crippen molar-refractivity contribution in [3.8, 4) is 0 Å². The molecule has 0 spiro atoms. The van der Waals surface area contributed by atoms with E-state index in [-0.39, 0.29) is 0 Å². The van der Waals surface area contributed by atoms with E-state index in [2.05, 4.69) is 11.8 Å². The molecule has 0 aliphatic carbocycles. The van der Waals surface area contributed by atoms with Gasteiger partial charge in [0.2, 0.25) is 0 Å². The van der Waals surface area contributed by atoms with Gasteiger partial charge < -0.3 is 15.2 Å². The van der Waals surface area contributed by atoms with E-state index in [4.69, 9.17) is 15.2 Å². The van der Waals surface area contributed by atoms with Crippen molar-refractivity contribution < 1.29 is 9.47 Å². The Hall–Kier alpha value is -0.160. The smallest absolute Gasteiger partial charge is 0.0593 e. The largest absolute Gasteiger partial charge is 0.384 e. The lowest BCUT2D eigenvalue weighted by atomic mass is 10.0. The lowest BCUT2D eigenvalue weighted by molar-refractivity contribution is 0.0794. The monoisotopic (exact) mass is 216 g/mol. The summed E-state index contributed by atoms with van der Waals surface area (Å²) in [5, 5.41) is 0. The van der Waals surface area contributed by atoms with Crippen LogP contribution in [0.15, 0.2) is 0 Å². The van der Waals surface area contributed by atoms with Crippen LogP contribution in [0.25, 0.3) is 0 Å². The Morgan fingerprint density at radius 2 is 2.20 bits per heavy atom. The molecule has 2 atom stereocenters. The molecule has 15 heavy (non-hydrogen) atoms. The van der Waals surface area contributed by atoms with Crippen molar-refractivity contribution in [2.75, 3.05) is 46.6 Å². The molecule has 1 rings (SSSR count). The molecule has 2 N–H and O–H groups in total. The van der Waals surface area contributed by atoms with Crippen molar-refractivity contribution in [1.29, 1.82) is 0 Å². The molecule has 90 valence electrons. The van der Waals surface area contributed by atoms with Crippen LogP contribution < -0.4 is 5.73 Å². The average Bonchev–Trinajstić information content (AvgIpc) is 2.48. The van der Waals surface area contributed by atoms with E-state index in [1.54, 1.807) is 7.11 Å². The van der Waals surface area contributed by atoms with E-state index in [1.165, 1.54) is 0 Å². The van der Waals surface area contributed by atoms with Crippen LogP contribution in [-0.2, 0) is 9.47 Å². The van der Waals surface area contributed by atoms with Gasteiger partial charge in [-0.1, -0.05) is 6.92 Å². The molecule has 0 saturated carbocycles. The zero-order valence-corrected chi connectivity index (χ0v) is 9.95. The molecular weight excluding hydrogens is 192 g/mol. The fraction of sp³-hybridized carbons (Fsp3) is 1.00. The van der Waals surface area contributed by atoms with Crippen LogP contribution in [0.1, 0.15) is 13.3 Å². The Labute approximate surface area is 92.7 Å². The Bertz CT molecular complexity index is 159. The molecule has 0 aromatic carbocycles. The van der Waals surface area contributed by atoms with Gasteiger partial charge in [-0.3, -0.25) is 4.90 Å². The first-order valence-corrected chi connectivity index (χ1v) is 5.80. The van der Waals surface area contributed by atoms with Gasteiger partial charge in [-0.05, 0) is 12.3 Å². The number of nitrogens with zero attached hydrogens (tertiary/aromatic N) is 1. The van der Waals surface area contributed by atoms with E-state index in [1.807, 2.05) is 0 Å². The lowest BCUT2D eigenvalue weighted by Crippen LogP contribution is -2.47. The summed E-state index contributed by atoms with van der Waals surface area (Å²) in [5.74, 6) is 0.484. The van der Waals surface area contributed by atoms with Crippen LogP contribution in [-0.4, -0.2) is 57.5 Å².